The van der Waals surface area contributed by atoms with E-state index < -0.39 is 0 Å². The maximum atomic E-state index is 6.76. The summed E-state index contributed by atoms with van der Waals surface area (Å²) in [7, 11) is 1.72. The molecule has 1 saturated carbocycles. The number of allylic oxidation sites excluding steroid dienone is 1. The highest BCUT2D eigenvalue weighted by Gasteiger charge is 2.36. The quantitative estimate of drug-likeness (QED) is 0.442. The van der Waals surface area contributed by atoms with Crippen LogP contribution < -0.4 is 19.5 Å². The molecule has 1 N–H and O–H groups in total. The van der Waals surface area contributed by atoms with Crippen molar-refractivity contribution >= 4 is 11.3 Å². The number of fused-ring (bicyclic) bond motifs is 5. The number of ether oxygens (including phenoxy) is 3. The first-order valence-electron chi connectivity index (χ1n) is 12.2. The fourth-order valence-electron chi connectivity index (χ4n) is 5.37. The lowest BCUT2D eigenvalue weighted by molar-refractivity contribution is 0.240. The molecule has 4 nitrogen and oxygen atoms in total. The number of hydrogen-bond acceptors (Lipinski definition) is 4. The summed E-state index contributed by atoms with van der Waals surface area (Å²) in [6.07, 6.45) is 4.61. The molecule has 2 aliphatic heterocycles. The normalized spacial score (nSPS) is 19.5. The number of benzene rings is 3. The minimum absolute atomic E-state index is 0.109. The second kappa shape index (κ2) is 7.83. The van der Waals surface area contributed by atoms with E-state index in [1.807, 2.05) is 24.3 Å². The zero-order valence-electron chi connectivity index (χ0n) is 20.3. The van der Waals surface area contributed by atoms with Gasteiger partial charge in [-0.05, 0) is 81.0 Å². The van der Waals surface area contributed by atoms with Gasteiger partial charge in [-0.15, -0.1) is 0 Å². The fourth-order valence-corrected chi connectivity index (χ4v) is 5.37. The zero-order chi connectivity index (χ0) is 23.4. The monoisotopic (exact) mass is 453 g/mol. The van der Waals surface area contributed by atoms with Crippen LogP contribution in [0.15, 0.2) is 60.7 Å². The van der Waals surface area contributed by atoms with Gasteiger partial charge >= 0.3 is 0 Å². The molecule has 6 rings (SSSR count). The van der Waals surface area contributed by atoms with Crippen molar-refractivity contribution in [1.29, 1.82) is 0 Å². The Hall–Kier alpha value is -3.40. The number of methoxy groups -OCH3 is 1. The SMILES string of the molecule is COc1cccc2c1-c1ccc3c(c1C(c1cccc(OCC4CC4)c1)O2)C(C)=CC(C)(C)N3. The van der Waals surface area contributed by atoms with Gasteiger partial charge in [0.25, 0.3) is 0 Å². The third-order valence-corrected chi connectivity index (χ3v) is 7.00. The molecule has 3 aromatic rings. The van der Waals surface area contributed by atoms with Gasteiger partial charge in [0.2, 0.25) is 0 Å². The Labute approximate surface area is 201 Å². The molecule has 174 valence electrons. The van der Waals surface area contributed by atoms with Crippen molar-refractivity contribution in [3.05, 3.63) is 77.4 Å². The van der Waals surface area contributed by atoms with Gasteiger partial charge in [0.05, 0.1) is 24.8 Å². The summed E-state index contributed by atoms with van der Waals surface area (Å²) in [4.78, 5) is 0. The standard InChI is InChI=1S/C30H31NO3/c1-18-16-30(2,3)31-23-14-13-22-27-24(32-4)9-6-10-25(27)34-29(28(22)26(18)23)20-7-5-8-21(15-20)33-17-19-11-12-19/h5-10,13-16,19,29,31H,11-12,17H2,1-4H3. The Morgan fingerprint density at radius 3 is 2.65 bits per heavy atom. The van der Waals surface area contributed by atoms with E-state index in [2.05, 4.69) is 62.5 Å². The molecule has 1 atom stereocenters. The van der Waals surface area contributed by atoms with Gasteiger partial charge in [0.15, 0.2) is 6.10 Å². The van der Waals surface area contributed by atoms with Crippen molar-refractivity contribution in [2.75, 3.05) is 19.0 Å². The van der Waals surface area contributed by atoms with E-state index in [4.69, 9.17) is 14.2 Å². The van der Waals surface area contributed by atoms with Crippen LogP contribution in [0.2, 0.25) is 0 Å². The lowest BCUT2D eigenvalue weighted by atomic mass is 9.80. The maximum absolute atomic E-state index is 6.76. The number of nitrogens with one attached hydrogen (secondary N) is 1. The second-order valence-corrected chi connectivity index (χ2v) is 10.3. The van der Waals surface area contributed by atoms with E-state index in [1.165, 1.54) is 29.5 Å². The van der Waals surface area contributed by atoms with Gasteiger partial charge in [-0.2, -0.15) is 0 Å². The van der Waals surface area contributed by atoms with Crippen molar-refractivity contribution in [2.24, 2.45) is 5.92 Å². The molecule has 1 aliphatic carbocycles. The lowest BCUT2D eigenvalue weighted by Crippen LogP contribution is -2.32. The van der Waals surface area contributed by atoms with Gasteiger partial charge in [-0.1, -0.05) is 30.3 Å². The van der Waals surface area contributed by atoms with Gasteiger partial charge in [-0.3, -0.25) is 0 Å². The van der Waals surface area contributed by atoms with E-state index in [0.29, 0.717) is 5.92 Å². The predicted octanol–water partition coefficient (Wildman–Crippen LogP) is 7.24. The molecule has 2 heterocycles. The Kier molecular flexibility index (Phi) is 4.87. The van der Waals surface area contributed by atoms with E-state index in [9.17, 15) is 0 Å². The van der Waals surface area contributed by atoms with Crippen LogP contribution in [0.5, 0.6) is 17.2 Å². The maximum Gasteiger partial charge on any atom is 0.150 e. The van der Waals surface area contributed by atoms with E-state index in [1.54, 1.807) is 7.11 Å². The van der Waals surface area contributed by atoms with Crippen LogP contribution in [0, 0.1) is 5.92 Å². The third kappa shape index (κ3) is 3.62. The molecule has 0 saturated heterocycles. The molecule has 34 heavy (non-hydrogen) atoms. The fraction of sp³-hybridized carbons (Fsp3) is 0.333. The molecular weight excluding hydrogens is 422 g/mol. The van der Waals surface area contributed by atoms with Crippen LogP contribution in [0.3, 0.4) is 0 Å². The molecule has 1 fully saturated rings. The molecular formula is C30H31NO3. The van der Waals surface area contributed by atoms with Crippen molar-refractivity contribution in [1.82, 2.24) is 0 Å². The molecule has 0 bridgehead atoms. The second-order valence-electron chi connectivity index (χ2n) is 10.3. The summed E-state index contributed by atoms with van der Waals surface area (Å²) in [5.74, 6) is 3.28. The molecule has 0 spiro atoms. The first-order valence-corrected chi connectivity index (χ1v) is 12.2. The summed E-state index contributed by atoms with van der Waals surface area (Å²) in [6.45, 7) is 7.39. The van der Waals surface area contributed by atoms with Crippen LogP contribution in [-0.2, 0) is 0 Å². The van der Waals surface area contributed by atoms with E-state index >= 15 is 0 Å². The lowest BCUT2D eigenvalue weighted by Gasteiger charge is -2.37. The van der Waals surface area contributed by atoms with Gasteiger partial charge in [0.1, 0.15) is 17.2 Å². The summed E-state index contributed by atoms with van der Waals surface area (Å²) < 4.78 is 18.6. The van der Waals surface area contributed by atoms with Crippen molar-refractivity contribution < 1.29 is 14.2 Å². The van der Waals surface area contributed by atoms with Crippen molar-refractivity contribution in [3.63, 3.8) is 0 Å². The summed E-state index contributed by atoms with van der Waals surface area (Å²) in [5.41, 5.74) is 7.92. The zero-order valence-corrected chi connectivity index (χ0v) is 20.3. The van der Waals surface area contributed by atoms with Gasteiger partial charge in [-0.25, -0.2) is 0 Å². The predicted molar refractivity (Wildman–Crippen MR) is 137 cm³/mol. The minimum Gasteiger partial charge on any atom is -0.496 e. The average Bonchev–Trinajstić information content (AvgIpc) is 3.65. The van der Waals surface area contributed by atoms with Crippen LogP contribution in [-0.4, -0.2) is 19.3 Å². The molecule has 0 amide bonds. The van der Waals surface area contributed by atoms with E-state index in [0.717, 1.165) is 46.2 Å². The molecule has 3 aliphatic rings. The number of anilines is 1. The average molecular weight is 454 g/mol. The molecule has 0 radical (unpaired) electrons. The summed E-state index contributed by atoms with van der Waals surface area (Å²) in [6, 6.07) is 18.8. The Morgan fingerprint density at radius 1 is 1.03 bits per heavy atom. The van der Waals surface area contributed by atoms with Crippen LogP contribution >= 0.6 is 0 Å². The van der Waals surface area contributed by atoms with Crippen molar-refractivity contribution in [3.8, 4) is 28.4 Å². The van der Waals surface area contributed by atoms with Crippen LogP contribution in [0.25, 0.3) is 16.7 Å². The third-order valence-electron chi connectivity index (χ3n) is 7.00. The highest BCUT2D eigenvalue weighted by Crippen LogP contribution is 2.53. The van der Waals surface area contributed by atoms with Crippen LogP contribution in [0.4, 0.5) is 5.69 Å². The first-order chi connectivity index (χ1) is 16.4. The molecule has 1 unspecified atom stereocenters. The molecule has 3 aromatic carbocycles. The Balaban J connectivity index is 1.54. The number of rotatable bonds is 5. The molecule has 4 heteroatoms. The number of hydrogen-bond donors (Lipinski definition) is 1. The van der Waals surface area contributed by atoms with Crippen LogP contribution in [0.1, 0.15) is 56.4 Å². The Bertz CT molecular complexity index is 1300. The van der Waals surface area contributed by atoms with Gasteiger partial charge in [0, 0.05) is 22.4 Å². The van der Waals surface area contributed by atoms with E-state index in [-0.39, 0.29) is 11.6 Å². The molecule has 0 aromatic heterocycles. The summed E-state index contributed by atoms with van der Waals surface area (Å²) >= 11 is 0. The summed E-state index contributed by atoms with van der Waals surface area (Å²) in [5, 5.41) is 3.70. The first kappa shape index (κ1) is 21.2. The smallest absolute Gasteiger partial charge is 0.150 e. The topological polar surface area (TPSA) is 39.7 Å². The minimum atomic E-state index is -0.250. The highest BCUT2D eigenvalue weighted by atomic mass is 16.5. The van der Waals surface area contributed by atoms with Gasteiger partial charge < -0.3 is 19.5 Å². The highest BCUT2D eigenvalue weighted by molar-refractivity contribution is 5.91. The largest absolute Gasteiger partial charge is 0.496 e. The van der Waals surface area contributed by atoms with Crippen molar-refractivity contribution in [2.45, 2.75) is 45.3 Å². The Morgan fingerprint density at radius 2 is 1.85 bits per heavy atom.